The molecule has 2 rings (SSSR count). The molecule has 0 fully saturated rings. The molecular weight excluding hydrogens is 280 g/mol. The Labute approximate surface area is 127 Å². The maximum Gasteiger partial charge on any atom is 0.269 e. The molecule has 22 heavy (non-hydrogen) atoms. The summed E-state index contributed by atoms with van der Waals surface area (Å²) in [5.74, 6) is -0.362. The number of non-ortho nitro benzene ring substituents is 1. The van der Waals surface area contributed by atoms with Crippen molar-refractivity contribution in [1.82, 2.24) is 0 Å². The van der Waals surface area contributed by atoms with Crippen LogP contribution in [0.25, 0.3) is 6.08 Å². The maximum atomic E-state index is 12.4. The summed E-state index contributed by atoms with van der Waals surface area (Å²) in [5, 5.41) is 19.8. The highest BCUT2D eigenvalue weighted by Gasteiger charge is 2.14. The third-order valence-corrected chi connectivity index (χ3v) is 3.17. The van der Waals surface area contributed by atoms with E-state index >= 15 is 0 Å². The van der Waals surface area contributed by atoms with Gasteiger partial charge in [-0.05, 0) is 36.3 Å². The zero-order valence-corrected chi connectivity index (χ0v) is 11.8. The van der Waals surface area contributed by atoms with Crippen molar-refractivity contribution in [2.24, 2.45) is 0 Å². The lowest BCUT2D eigenvalue weighted by molar-refractivity contribution is -0.384. The van der Waals surface area contributed by atoms with Crippen LogP contribution in [0, 0.1) is 28.4 Å². The lowest BCUT2D eigenvalue weighted by atomic mass is 9.98. The van der Waals surface area contributed by atoms with E-state index in [2.05, 4.69) is 0 Å². The van der Waals surface area contributed by atoms with Crippen molar-refractivity contribution in [1.29, 1.82) is 5.26 Å². The number of rotatable bonds is 4. The monoisotopic (exact) mass is 292 g/mol. The van der Waals surface area contributed by atoms with E-state index < -0.39 is 4.92 Å². The summed E-state index contributed by atoms with van der Waals surface area (Å²) < 4.78 is 0. The van der Waals surface area contributed by atoms with Crippen LogP contribution in [0.4, 0.5) is 5.69 Å². The van der Waals surface area contributed by atoms with Gasteiger partial charge >= 0.3 is 0 Å². The molecule has 0 N–H and O–H groups in total. The number of nitrogens with zero attached hydrogens (tertiary/aromatic N) is 2. The zero-order chi connectivity index (χ0) is 16.1. The predicted octanol–water partition coefficient (Wildman–Crippen LogP) is 3.69. The second-order valence-electron chi connectivity index (χ2n) is 4.66. The van der Waals surface area contributed by atoms with Gasteiger partial charge in [-0.2, -0.15) is 5.26 Å². The molecule has 5 heteroatoms. The molecule has 0 radical (unpaired) electrons. The summed E-state index contributed by atoms with van der Waals surface area (Å²) in [6.45, 7) is 1.80. The lowest BCUT2D eigenvalue weighted by Crippen LogP contribution is -2.04. The number of nitro benzene ring substituents is 1. The van der Waals surface area contributed by atoms with Gasteiger partial charge in [-0.1, -0.05) is 24.3 Å². The fraction of sp³-hybridized carbons (Fsp3) is 0.0588. The van der Waals surface area contributed by atoms with Gasteiger partial charge in [-0.25, -0.2) is 0 Å². The van der Waals surface area contributed by atoms with Gasteiger partial charge in [0.05, 0.1) is 4.92 Å². The molecule has 0 bridgehead atoms. The molecule has 0 amide bonds. The number of benzene rings is 2. The van der Waals surface area contributed by atoms with E-state index in [4.69, 9.17) is 0 Å². The van der Waals surface area contributed by atoms with Crippen molar-refractivity contribution in [2.45, 2.75) is 6.92 Å². The molecule has 5 nitrogen and oxygen atoms in total. The Hall–Kier alpha value is -3.26. The van der Waals surface area contributed by atoms with Crippen LogP contribution in [0.1, 0.15) is 21.5 Å². The number of hydrogen-bond acceptors (Lipinski definition) is 4. The van der Waals surface area contributed by atoms with Crippen LogP contribution < -0.4 is 0 Å². The van der Waals surface area contributed by atoms with Crippen LogP contribution in [0.2, 0.25) is 0 Å². The van der Waals surface area contributed by atoms with E-state index in [1.165, 1.54) is 30.3 Å². The van der Waals surface area contributed by atoms with Gasteiger partial charge < -0.3 is 0 Å². The van der Waals surface area contributed by atoms with Gasteiger partial charge in [-0.15, -0.1) is 0 Å². The van der Waals surface area contributed by atoms with E-state index in [-0.39, 0.29) is 17.0 Å². The summed E-state index contributed by atoms with van der Waals surface area (Å²) in [7, 11) is 0. The molecule has 0 aromatic heterocycles. The standard InChI is InChI=1S/C17H12N2O3/c1-12-4-2-3-5-16(12)17(20)14(11-18)10-13-6-8-15(9-7-13)19(21)22/h2-10H,1H3/b14-10+. The van der Waals surface area contributed by atoms with E-state index in [9.17, 15) is 20.2 Å². The van der Waals surface area contributed by atoms with Gasteiger partial charge in [0.15, 0.2) is 0 Å². The molecule has 108 valence electrons. The number of hydrogen-bond donors (Lipinski definition) is 0. The minimum atomic E-state index is -0.503. The van der Waals surface area contributed by atoms with E-state index in [1.807, 2.05) is 12.1 Å². The van der Waals surface area contributed by atoms with Crippen molar-refractivity contribution < 1.29 is 9.72 Å². The topological polar surface area (TPSA) is 84.0 Å². The SMILES string of the molecule is Cc1ccccc1C(=O)/C(C#N)=C/c1ccc([N+](=O)[O-])cc1. The van der Waals surface area contributed by atoms with Crippen LogP contribution in [0.15, 0.2) is 54.1 Å². The number of Topliss-reactive ketones (excluding diaryl/α,β-unsaturated/α-hetero) is 1. The van der Waals surface area contributed by atoms with Crippen molar-refractivity contribution in [2.75, 3.05) is 0 Å². The number of allylic oxidation sites excluding steroid dienone is 1. The van der Waals surface area contributed by atoms with Crippen molar-refractivity contribution >= 4 is 17.5 Å². The number of aryl methyl sites for hydroxylation is 1. The number of carbonyl (C=O) groups excluding carboxylic acids is 1. The van der Waals surface area contributed by atoms with Crippen LogP contribution in [-0.2, 0) is 0 Å². The largest absolute Gasteiger partial charge is 0.288 e. The Kier molecular flexibility index (Phi) is 4.44. The number of carbonyl (C=O) groups is 1. The third kappa shape index (κ3) is 3.25. The Morgan fingerprint density at radius 2 is 1.82 bits per heavy atom. The highest BCUT2D eigenvalue weighted by atomic mass is 16.6. The first-order chi connectivity index (χ1) is 10.5. The maximum absolute atomic E-state index is 12.4. The summed E-state index contributed by atoms with van der Waals surface area (Å²) in [6.07, 6.45) is 1.43. The quantitative estimate of drug-likeness (QED) is 0.283. The smallest absolute Gasteiger partial charge is 0.269 e. The normalized spacial score (nSPS) is 10.8. The summed E-state index contributed by atoms with van der Waals surface area (Å²) in [5.41, 5.74) is 1.77. The molecule has 0 aliphatic heterocycles. The summed E-state index contributed by atoms with van der Waals surface area (Å²) in [6, 6.07) is 14.6. The first-order valence-electron chi connectivity index (χ1n) is 6.49. The highest BCUT2D eigenvalue weighted by molar-refractivity contribution is 6.14. The van der Waals surface area contributed by atoms with E-state index in [0.29, 0.717) is 11.1 Å². The number of nitro groups is 1. The molecule has 0 aliphatic carbocycles. The van der Waals surface area contributed by atoms with Gasteiger partial charge in [0.25, 0.3) is 5.69 Å². The Balaban J connectivity index is 2.36. The molecule has 2 aromatic rings. The van der Waals surface area contributed by atoms with E-state index in [1.54, 1.807) is 25.1 Å². The molecule has 0 aliphatic rings. The number of ketones is 1. The Bertz CT molecular complexity index is 799. The molecular formula is C17H12N2O3. The minimum Gasteiger partial charge on any atom is -0.288 e. The molecule has 0 saturated carbocycles. The highest BCUT2D eigenvalue weighted by Crippen LogP contribution is 2.17. The molecule has 0 saturated heterocycles. The van der Waals surface area contributed by atoms with Gasteiger partial charge in [0, 0.05) is 17.7 Å². The minimum absolute atomic E-state index is 0.0110. The van der Waals surface area contributed by atoms with Gasteiger partial charge in [-0.3, -0.25) is 14.9 Å². The molecule has 0 spiro atoms. The molecule has 0 unspecified atom stereocenters. The van der Waals surface area contributed by atoms with Crippen LogP contribution in [0.3, 0.4) is 0 Å². The van der Waals surface area contributed by atoms with Crippen molar-refractivity contribution in [3.63, 3.8) is 0 Å². The summed E-state index contributed by atoms with van der Waals surface area (Å²) >= 11 is 0. The summed E-state index contributed by atoms with van der Waals surface area (Å²) in [4.78, 5) is 22.5. The van der Waals surface area contributed by atoms with Crippen molar-refractivity contribution in [3.8, 4) is 6.07 Å². The first kappa shape index (κ1) is 15.1. The predicted molar refractivity (Wildman–Crippen MR) is 82.2 cm³/mol. The Morgan fingerprint density at radius 3 is 2.36 bits per heavy atom. The van der Waals surface area contributed by atoms with Gasteiger partial charge in [0.1, 0.15) is 11.6 Å². The van der Waals surface area contributed by atoms with Crippen LogP contribution in [0.5, 0.6) is 0 Å². The second-order valence-corrected chi connectivity index (χ2v) is 4.66. The average Bonchev–Trinajstić information content (AvgIpc) is 2.53. The molecule has 0 atom stereocenters. The fourth-order valence-electron chi connectivity index (χ4n) is 1.98. The van der Waals surface area contributed by atoms with Crippen LogP contribution in [-0.4, -0.2) is 10.7 Å². The second kappa shape index (κ2) is 6.46. The Morgan fingerprint density at radius 1 is 1.18 bits per heavy atom. The van der Waals surface area contributed by atoms with E-state index in [0.717, 1.165) is 5.56 Å². The van der Waals surface area contributed by atoms with Gasteiger partial charge in [0.2, 0.25) is 5.78 Å². The third-order valence-electron chi connectivity index (χ3n) is 3.17. The molecule has 0 heterocycles. The van der Waals surface area contributed by atoms with Crippen molar-refractivity contribution in [3.05, 3.63) is 80.9 Å². The number of nitriles is 1. The fourth-order valence-corrected chi connectivity index (χ4v) is 1.98. The molecule has 2 aromatic carbocycles. The van der Waals surface area contributed by atoms with Crippen LogP contribution >= 0.6 is 0 Å². The zero-order valence-electron chi connectivity index (χ0n) is 11.8. The lowest BCUT2D eigenvalue weighted by Gasteiger charge is -2.03. The average molecular weight is 292 g/mol. The first-order valence-corrected chi connectivity index (χ1v) is 6.49.